The predicted molar refractivity (Wildman–Crippen MR) is 195 cm³/mol. The van der Waals surface area contributed by atoms with E-state index < -0.39 is 35.4 Å². The molecule has 4 N–H and O–H groups in total. The molecule has 2 unspecified atom stereocenters. The van der Waals surface area contributed by atoms with E-state index in [4.69, 9.17) is 16.3 Å². The molecule has 0 saturated heterocycles. The van der Waals surface area contributed by atoms with Crippen LogP contribution in [0.1, 0.15) is 68.6 Å². The molecule has 10 heteroatoms. The van der Waals surface area contributed by atoms with Gasteiger partial charge in [-0.25, -0.2) is 0 Å². The minimum atomic E-state index is -3.81. The highest BCUT2D eigenvalue weighted by Gasteiger charge is 2.50. The van der Waals surface area contributed by atoms with Gasteiger partial charge in [-0.1, -0.05) is 66.2 Å². The molecule has 0 heterocycles. The lowest BCUT2D eigenvalue weighted by Crippen LogP contribution is -2.59. The van der Waals surface area contributed by atoms with Crippen LogP contribution in [0.3, 0.4) is 0 Å². The van der Waals surface area contributed by atoms with Crippen LogP contribution in [0.15, 0.2) is 84.9 Å². The van der Waals surface area contributed by atoms with Crippen LogP contribution in [-0.4, -0.2) is 48.2 Å². The number of hydrogen-bond acceptors (Lipinski definition) is 5. The van der Waals surface area contributed by atoms with Gasteiger partial charge in [-0.05, 0) is 128 Å². The van der Waals surface area contributed by atoms with Gasteiger partial charge in [0.15, 0.2) is 12.1 Å². The second kappa shape index (κ2) is 14.9. The maximum Gasteiger partial charge on any atom is 0.301 e. The lowest BCUT2D eigenvalue weighted by Gasteiger charge is -2.37. The third kappa shape index (κ3) is 7.62. The average molecular weight is 716 g/mol. The molecule has 7 nitrogen and oxygen atoms in total. The zero-order valence-electron chi connectivity index (χ0n) is 28.6. The minimum Gasteiger partial charge on any atom is -0.490 e. The number of nitrogens with one attached hydrogen (secondary N) is 3. The van der Waals surface area contributed by atoms with Crippen LogP contribution in [0.5, 0.6) is 5.75 Å². The number of ether oxygens (including phenoxy) is 1. The summed E-state index contributed by atoms with van der Waals surface area (Å²) in [5.41, 5.74) is 1.28. The van der Waals surface area contributed by atoms with Crippen LogP contribution in [-0.2, 0) is 15.5 Å². The average Bonchev–Trinajstić information content (AvgIpc) is 3.73. The van der Waals surface area contributed by atoms with E-state index in [1.807, 2.05) is 25.2 Å². The molecule has 51 heavy (non-hydrogen) atoms. The van der Waals surface area contributed by atoms with E-state index in [1.165, 1.54) is 12.1 Å². The summed E-state index contributed by atoms with van der Waals surface area (Å²) >= 11 is 6.02. The molecule has 0 aliphatic heterocycles. The van der Waals surface area contributed by atoms with Crippen LogP contribution in [0, 0.1) is 11.8 Å². The first-order valence-corrected chi connectivity index (χ1v) is 18.4. The number of carbonyl (C=O) groups excluding carboxylic acids is 2. The first-order valence-electron chi connectivity index (χ1n) is 18.0. The predicted octanol–water partition coefficient (Wildman–Crippen LogP) is 7.68. The third-order valence-electron chi connectivity index (χ3n) is 11.2. The maximum atomic E-state index is 16.6. The van der Waals surface area contributed by atoms with Crippen LogP contribution >= 0.6 is 11.6 Å². The Morgan fingerprint density at radius 1 is 0.824 bits per heavy atom. The Kier molecular flexibility index (Phi) is 10.3. The van der Waals surface area contributed by atoms with Crippen molar-refractivity contribution in [3.8, 4) is 16.9 Å². The molecule has 4 aromatic carbocycles. The molecule has 0 spiro atoms. The highest BCUT2D eigenvalue weighted by Crippen LogP contribution is 2.43. The Morgan fingerprint density at radius 2 is 1.43 bits per heavy atom. The van der Waals surface area contributed by atoms with E-state index in [0.29, 0.717) is 16.6 Å². The van der Waals surface area contributed by atoms with Crippen LogP contribution in [0.25, 0.3) is 21.9 Å². The van der Waals surface area contributed by atoms with Gasteiger partial charge in [0.25, 0.3) is 5.91 Å². The van der Waals surface area contributed by atoms with Gasteiger partial charge < -0.3 is 25.8 Å². The summed E-state index contributed by atoms with van der Waals surface area (Å²) in [6.07, 6.45) is 6.28. The molecule has 3 saturated carbocycles. The van der Waals surface area contributed by atoms with Crippen molar-refractivity contribution >= 4 is 34.2 Å². The smallest absolute Gasteiger partial charge is 0.301 e. The number of alkyl halides is 2. The Balaban J connectivity index is 1.12. The zero-order chi connectivity index (χ0) is 35.7. The van der Waals surface area contributed by atoms with Gasteiger partial charge in [0.2, 0.25) is 5.91 Å². The van der Waals surface area contributed by atoms with Crippen molar-refractivity contribution in [2.24, 2.45) is 11.8 Å². The number of amides is 2. The molecule has 3 aliphatic rings. The number of rotatable bonds is 11. The fourth-order valence-electron chi connectivity index (χ4n) is 8.32. The van der Waals surface area contributed by atoms with Crippen molar-refractivity contribution < 1.29 is 28.2 Å². The molecule has 0 aromatic heterocycles. The molecular weight excluding hydrogens is 672 g/mol. The SMILES string of the molecule is CNC1CC2CCC(C1)C2NC(=O)[C@@H](NC(=O)[C@H](O)c1ccc2cc(OC3CCCC3)ccc2c1)C(F)(F)c1ccc(-c2ccc(Cl)cc2)cc1. The topological polar surface area (TPSA) is 99.7 Å². The molecule has 4 atom stereocenters. The van der Waals surface area contributed by atoms with Gasteiger partial charge in [-0.2, -0.15) is 8.78 Å². The molecule has 2 bridgehead atoms. The van der Waals surface area contributed by atoms with Gasteiger partial charge in [-0.15, -0.1) is 0 Å². The summed E-state index contributed by atoms with van der Waals surface area (Å²) in [7, 11) is 1.91. The Morgan fingerprint density at radius 3 is 2.08 bits per heavy atom. The quantitative estimate of drug-likeness (QED) is 0.128. The number of carbonyl (C=O) groups is 2. The normalized spacial score (nSPS) is 23.2. The van der Waals surface area contributed by atoms with Gasteiger partial charge in [0.05, 0.1) is 6.10 Å². The summed E-state index contributed by atoms with van der Waals surface area (Å²) in [5, 5.41) is 21.9. The minimum absolute atomic E-state index is 0.154. The molecular formula is C41H44ClF2N3O4. The molecule has 3 fully saturated rings. The van der Waals surface area contributed by atoms with Crippen molar-refractivity contribution in [2.75, 3.05) is 7.05 Å². The number of benzene rings is 4. The second-order valence-corrected chi connectivity index (χ2v) is 14.9. The molecule has 3 aliphatic carbocycles. The van der Waals surface area contributed by atoms with Crippen LogP contribution in [0.4, 0.5) is 8.78 Å². The number of fused-ring (bicyclic) bond motifs is 3. The van der Waals surface area contributed by atoms with E-state index in [-0.39, 0.29) is 29.5 Å². The maximum absolute atomic E-state index is 16.6. The molecule has 268 valence electrons. The Bertz CT molecular complexity index is 1850. The van der Waals surface area contributed by atoms with Crippen molar-refractivity contribution in [1.29, 1.82) is 0 Å². The van der Waals surface area contributed by atoms with E-state index in [0.717, 1.165) is 73.5 Å². The van der Waals surface area contributed by atoms with Crippen molar-refractivity contribution in [3.05, 3.63) is 101 Å². The highest BCUT2D eigenvalue weighted by molar-refractivity contribution is 6.30. The third-order valence-corrected chi connectivity index (χ3v) is 11.4. The fraction of sp³-hybridized carbons (Fsp3) is 0.415. The highest BCUT2D eigenvalue weighted by atomic mass is 35.5. The zero-order valence-corrected chi connectivity index (χ0v) is 29.3. The van der Waals surface area contributed by atoms with E-state index in [9.17, 15) is 14.7 Å². The summed E-state index contributed by atoms with van der Waals surface area (Å²) < 4.78 is 39.2. The Labute approximate surface area is 302 Å². The van der Waals surface area contributed by atoms with Gasteiger partial charge >= 0.3 is 5.92 Å². The standard InChI is InChI=1S/C41H44ClF2N3O4/c1-45-33-21-28-7-8-29(22-33)36(28)46-40(50)38(41(43,44)31-15-10-24(11-16-31)25-12-17-32(42)18-13-25)47-39(49)37(48)30-9-6-27-23-35(19-14-26(27)20-30)51-34-4-2-3-5-34/h6,9-20,23,28-29,33-34,36-38,45,48H,2-5,7-8,21-22H2,1H3,(H,46,50)(H,47,49)/t28?,29?,33?,36?,37-,38-/m1/s1. The molecule has 0 radical (unpaired) electrons. The summed E-state index contributed by atoms with van der Waals surface area (Å²) in [4.78, 5) is 27.5. The second-order valence-electron chi connectivity index (χ2n) is 14.4. The first kappa shape index (κ1) is 35.4. The van der Waals surface area contributed by atoms with E-state index >= 15 is 8.78 Å². The lowest BCUT2D eigenvalue weighted by molar-refractivity contribution is -0.145. The number of aliphatic hydroxyl groups is 1. The van der Waals surface area contributed by atoms with Gasteiger partial charge in [-0.3, -0.25) is 9.59 Å². The largest absolute Gasteiger partial charge is 0.490 e. The number of halogens is 3. The van der Waals surface area contributed by atoms with Crippen molar-refractivity contribution in [1.82, 2.24) is 16.0 Å². The van der Waals surface area contributed by atoms with Crippen LogP contribution in [0.2, 0.25) is 5.02 Å². The Hall–Kier alpha value is -4.05. The van der Waals surface area contributed by atoms with Gasteiger partial charge in [0.1, 0.15) is 5.75 Å². The van der Waals surface area contributed by atoms with Gasteiger partial charge in [0, 0.05) is 22.7 Å². The molecule has 7 rings (SSSR count). The summed E-state index contributed by atoms with van der Waals surface area (Å²) in [5.74, 6) is -4.80. The lowest BCUT2D eigenvalue weighted by atomic mass is 9.81. The van der Waals surface area contributed by atoms with Crippen molar-refractivity contribution in [3.63, 3.8) is 0 Å². The van der Waals surface area contributed by atoms with E-state index in [2.05, 4.69) is 16.0 Å². The monoisotopic (exact) mass is 715 g/mol. The first-order chi connectivity index (χ1) is 24.6. The molecule has 4 aromatic rings. The number of hydrogen-bond donors (Lipinski definition) is 4. The van der Waals surface area contributed by atoms with Crippen molar-refractivity contribution in [2.45, 2.75) is 87.6 Å². The summed E-state index contributed by atoms with van der Waals surface area (Å²) in [6, 6.07) is 21.1. The molecule has 2 amide bonds. The fourth-order valence-corrected chi connectivity index (χ4v) is 8.44. The summed E-state index contributed by atoms with van der Waals surface area (Å²) in [6.45, 7) is 0. The number of aliphatic hydroxyl groups excluding tert-OH is 1. The van der Waals surface area contributed by atoms with Crippen LogP contribution < -0.4 is 20.7 Å². The van der Waals surface area contributed by atoms with E-state index in [1.54, 1.807) is 54.6 Å².